The Bertz CT molecular complexity index is 1080. The van der Waals surface area contributed by atoms with Crippen molar-refractivity contribution >= 4 is 22.6 Å². The zero-order valence-electron chi connectivity index (χ0n) is 14.3. The number of carbonyl (C=O) groups is 1. The number of amides is 1. The van der Waals surface area contributed by atoms with Crippen molar-refractivity contribution in [2.24, 2.45) is 0 Å². The third-order valence-electron chi connectivity index (χ3n) is 3.86. The van der Waals surface area contributed by atoms with Gasteiger partial charge in [0, 0.05) is 29.8 Å². The van der Waals surface area contributed by atoms with Gasteiger partial charge < -0.3 is 9.84 Å². The summed E-state index contributed by atoms with van der Waals surface area (Å²) in [5.74, 6) is 0.845. The molecule has 0 aliphatic heterocycles. The van der Waals surface area contributed by atoms with Gasteiger partial charge in [-0.05, 0) is 42.8 Å². The number of nitrogens with zero attached hydrogens (tertiary/aromatic N) is 5. The first-order valence-electron chi connectivity index (χ1n) is 8.07. The molecule has 4 rings (SSSR count). The van der Waals surface area contributed by atoms with Gasteiger partial charge in [-0.25, -0.2) is 9.67 Å². The molecule has 0 aliphatic carbocycles. The van der Waals surface area contributed by atoms with E-state index in [0.29, 0.717) is 23.0 Å². The third kappa shape index (κ3) is 3.16. The van der Waals surface area contributed by atoms with Gasteiger partial charge in [-0.3, -0.25) is 4.79 Å². The lowest BCUT2D eigenvalue weighted by molar-refractivity contribution is -0.116. The number of benzene rings is 1. The van der Waals surface area contributed by atoms with Crippen LogP contribution in [0.3, 0.4) is 0 Å². The maximum atomic E-state index is 12.3. The van der Waals surface area contributed by atoms with Crippen molar-refractivity contribution in [3.05, 3.63) is 54.2 Å². The molecule has 4 aromatic rings. The Labute approximate surface area is 148 Å². The van der Waals surface area contributed by atoms with Gasteiger partial charge in [0.2, 0.25) is 17.6 Å². The molecule has 0 atom stereocenters. The second kappa shape index (κ2) is 6.40. The molecule has 0 bridgehead atoms. The van der Waals surface area contributed by atoms with Gasteiger partial charge >= 0.3 is 0 Å². The van der Waals surface area contributed by atoms with Gasteiger partial charge in [0.25, 0.3) is 0 Å². The quantitative estimate of drug-likeness (QED) is 0.609. The number of carbonyl (C=O) groups excluding carboxylic acids is 1. The van der Waals surface area contributed by atoms with Crippen molar-refractivity contribution < 1.29 is 9.32 Å². The van der Waals surface area contributed by atoms with E-state index >= 15 is 0 Å². The van der Waals surface area contributed by atoms with Gasteiger partial charge in [0.15, 0.2) is 5.65 Å². The standard InChI is InChI=1S/C18H16N6O2/c1-11-7-14-9-20-24(18(14)19-8-11)10-16(25)22-15-5-3-13(4-6-15)17-21-12(2)26-23-17/h3-9H,10H2,1-2H3,(H,22,25). The Balaban J connectivity index is 1.46. The maximum Gasteiger partial charge on any atom is 0.246 e. The number of pyridine rings is 1. The summed E-state index contributed by atoms with van der Waals surface area (Å²) >= 11 is 0. The van der Waals surface area contributed by atoms with Crippen LogP contribution in [0.1, 0.15) is 11.5 Å². The normalized spacial score (nSPS) is 11.0. The highest BCUT2D eigenvalue weighted by atomic mass is 16.5. The van der Waals surface area contributed by atoms with Crippen molar-refractivity contribution in [2.45, 2.75) is 20.4 Å². The van der Waals surface area contributed by atoms with Crippen LogP contribution in [-0.2, 0) is 11.3 Å². The molecule has 0 fully saturated rings. The first-order valence-corrected chi connectivity index (χ1v) is 8.07. The molecule has 1 N–H and O–H groups in total. The van der Waals surface area contributed by atoms with E-state index in [4.69, 9.17) is 4.52 Å². The molecule has 0 saturated carbocycles. The summed E-state index contributed by atoms with van der Waals surface area (Å²) in [5, 5.41) is 11.9. The Kier molecular flexibility index (Phi) is 3.92. The zero-order valence-corrected chi connectivity index (χ0v) is 14.3. The number of fused-ring (bicyclic) bond motifs is 1. The summed E-state index contributed by atoms with van der Waals surface area (Å²) in [6.07, 6.45) is 3.47. The predicted molar refractivity (Wildman–Crippen MR) is 95.4 cm³/mol. The van der Waals surface area contributed by atoms with E-state index in [2.05, 4.69) is 25.5 Å². The minimum Gasteiger partial charge on any atom is -0.339 e. The Morgan fingerprint density at radius 3 is 2.73 bits per heavy atom. The molecule has 0 aliphatic rings. The van der Waals surface area contributed by atoms with Crippen LogP contribution in [0, 0.1) is 13.8 Å². The Hall–Kier alpha value is -3.55. The number of hydrogen-bond acceptors (Lipinski definition) is 6. The number of rotatable bonds is 4. The average molecular weight is 348 g/mol. The lowest BCUT2D eigenvalue weighted by Gasteiger charge is -2.06. The fraction of sp³-hybridized carbons (Fsp3) is 0.167. The van der Waals surface area contributed by atoms with Gasteiger partial charge in [-0.1, -0.05) is 5.16 Å². The molecule has 8 nitrogen and oxygen atoms in total. The van der Waals surface area contributed by atoms with Crippen LogP contribution in [0.5, 0.6) is 0 Å². The largest absolute Gasteiger partial charge is 0.339 e. The molecule has 130 valence electrons. The topological polar surface area (TPSA) is 98.7 Å². The molecule has 8 heteroatoms. The fourth-order valence-electron chi connectivity index (χ4n) is 2.65. The van der Waals surface area contributed by atoms with Crippen molar-refractivity contribution in [3.8, 4) is 11.4 Å². The Morgan fingerprint density at radius 1 is 1.19 bits per heavy atom. The van der Waals surface area contributed by atoms with Gasteiger partial charge in [-0.2, -0.15) is 10.1 Å². The highest BCUT2D eigenvalue weighted by Crippen LogP contribution is 2.19. The van der Waals surface area contributed by atoms with Crippen LogP contribution >= 0.6 is 0 Å². The number of anilines is 1. The van der Waals surface area contributed by atoms with Crippen molar-refractivity contribution in [2.75, 3.05) is 5.32 Å². The molecule has 26 heavy (non-hydrogen) atoms. The van der Waals surface area contributed by atoms with Crippen LogP contribution in [-0.4, -0.2) is 30.8 Å². The predicted octanol–water partition coefficient (Wildman–Crippen LogP) is 2.74. The van der Waals surface area contributed by atoms with Crippen LogP contribution in [0.2, 0.25) is 0 Å². The molecule has 1 aromatic carbocycles. The molecule has 0 saturated heterocycles. The van der Waals surface area contributed by atoms with Crippen LogP contribution < -0.4 is 5.32 Å². The van der Waals surface area contributed by atoms with E-state index < -0.39 is 0 Å². The molecule has 0 radical (unpaired) electrons. The zero-order chi connectivity index (χ0) is 18.1. The Morgan fingerprint density at radius 2 is 2.00 bits per heavy atom. The van der Waals surface area contributed by atoms with Crippen molar-refractivity contribution in [1.29, 1.82) is 0 Å². The van der Waals surface area contributed by atoms with Gasteiger partial charge in [0.05, 0.1) is 6.20 Å². The fourth-order valence-corrected chi connectivity index (χ4v) is 2.65. The molecular formula is C18H16N6O2. The smallest absolute Gasteiger partial charge is 0.246 e. The lowest BCUT2D eigenvalue weighted by Crippen LogP contribution is -2.19. The van der Waals surface area contributed by atoms with E-state index in [1.54, 1.807) is 36.1 Å². The number of aryl methyl sites for hydroxylation is 2. The van der Waals surface area contributed by atoms with E-state index in [1.807, 2.05) is 25.1 Å². The lowest BCUT2D eigenvalue weighted by atomic mass is 10.2. The molecule has 3 heterocycles. The summed E-state index contributed by atoms with van der Waals surface area (Å²) in [7, 11) is 0. The molecule has 0 unspecified atom stereocenters. The maximum absolute atomic E-state index is 12.3. The minimum atomic E-state index is -0.180. The first kappa shape index (κ1) is 15.9. The van der Waals surface area contributed by atoms with Crippen LogP contribution in [0.4, 0.5) is 5.69 Å². The summed E-state index contributed by atoms with van der Waals surface area (Å²) in [5.41, 5.74) is 3.24. The number of nitrogens with one attached hydrogen (secondary N) is 1. The summed E-state index contributed by atoms with van der Waals surface area (Å²) in [4.78, 5) is 20.8. The molecule has 3 aromatic heterocycles. The first-order chi connectivity index (χ1) is 12.6. The summed E-state index contributed by atoms with van der Waals surface area (Å²) in [6.45, 7) is 3.79. The monoisotopic (exact) mass is 348 g/mol. The SMILES string of the molecule is Cc1cnc2c(cnn2CC(=O)Nc2ccc(-c3noc(C)n3)cc2)c1. The van der Waals surface area contributed by atoms with E-state index in [9.17, 15) is 4.79 Å². The van der Waals surface area contributed by atoms with Gasteiger partial charge in [-0.15, -0.1) is 0 Å². The van der Waals surface area contributed by atoms with Crippen LogP contribution in [0.25, 0.3) is 22.4 Å². The molecular weight excluding hydrogens is 332 g/mol. The second-order valence-electron chi connectivity index (χ2n) is 5.99. The highest BCUT2D eigenvalue weighted by molar-refractivity contribution is 5.91. The second-order valence-corrected chi connectivity index (χ2v) is 5.99. The van der Waals surface area contributed by atoms with Crippen LogP contribution in [0.15, 0.2) is 47.2 Å². The van der Waals surface area contributed by atoms with E-state index in [-0.39, 0.29) is 12.5 Å². The summed E-state index contributed by atoms with van der Waals surface area (Å²) < 4.78 is 6.55. The van der Waals surface area contributed by atoms with Crippen molar-refractivity contribution in [3.63, 3.8) is 0 Å². The number of hydrogen-bond donors (Lipinski definition) is 1. The van der Waals surface area contributed by atoms with E-state index in [0.717, 1.165) is 16.5 Å². The number of aromatic nitrogens is 5. The average Bonchev–Trinajstić information content (AvgIpc) is 3.22. The van der Waals surface area contributed by atoms with Gasteiger partial charge in [0.1, 0.15) is 6.54 Å². The molecule has 0 spiro atoms. The molecule has 1 amide bonds. The summed E-state index contributed by atoms with van der Waals surface area (Å²) in [6, 6.07) is 9.23. The van der Waals surface area contributed by atoms with E-state index in [1.165, 1.54) is 0 Å². The highest BCUT2D eigenvalue weighted by Gasteiger charge is 2.10. The third-order valence-corrected chi connectivity index (χ3v) is 3.86. The van der Waals surface area contributed by atoms with Crippen molar-refractivity contribution in [1.82, 2.24) is 24.9 Å². The minimum absolute atomic E-state index is 0.0886.